The van der Waals surface area contributed by atoms with E-state index in [-0.39, 0.29) is 57.8 Å². The fourth-order valence-corrected chi connectivity index (χ4v) is 10.8. The van der Waals surface area contributed by atoms with E-state index in [2.05, 4.69) is 27.7 Å². The van der Waals surface area contributed by atoms with Crippen LogP contribution < -0.4 is 12.3 Å². The summed E-state index contributed by atoms with van der Waals surface area (Å²) in [5.41, 5.74) is 0. The van der Waals surface area contributed by atoms with Crippen molar-refractivity contribution in [2.24, 2.45) is 0 Å². The van der Waals surface area contributed by atoms with Crippen molar-refractivity contribution in [3.05, 3.63) is 0 Å². The monoisotopic (exact) mass is 1190 g/mol. The highest BCUT2D eigenvalue weighted by Crippen LogP contribution is 2.44. The first-order valence-electron chi connectivity index (χ1n) is 33.5. The van der Waals surface area contributed by atoms with E-state index in [4.69, 9.17) is 28.4 Å². The first-order chi connectivity index (χ1) is 38.9. The van der Waals surface area contributed by atoms with Crippen molar-refractivity contribution in [1.29, 1.82) is 0 Å². The Labute approximate surface area is 502 Å². The van der Waals surface area contributed by atoms with E-state index < -0.39 is 68.8 Å². The maximum absolute atomic E-state index is 13.1. The summed E-state index contributed by atoms with van der Waals surface area (Å²) in [5.74, 6) is -4.00. The van der Waals surface area contributed by atoms with E-state index in [0.29, 0.717) is 25.7 Å². The fraction of sp³-hybridized carbons (Fsp3) is 0.938. The van der Waals surface area contributed by atoms with Gasteiger partial charge in [0.1, 0.15) is 19.3 Å². The fourth-order valence-electron chi connectivity index (χ4n) is 10.0. The summed E-state index contributed by atoms with van der Waals surface area (Å²) in [6, 6.07) is 0. The molecule has 0 aliphatic carbocycles. The Morgan fingerprint density at radius 1 is 0.329 bits per heavy atom. The molecule has 0 bridgehead atoms. The maximum atomic E-state index is 13.1. The predicted octanol–water partition coefficient (Wildman–Crippen LogP) is 17.9. The van der Waals surface area contributed by atoms with E-state index in [1.54, 1.807) is 0 Å². The number of hydrogen-bond acceptors (Lipinski definition) is 14. The van der Waals surface area contributed by atoms with E-state index in [0.717, 1.165) is 77.0 Å². The standard InChI is InChI=1S/C65H125O14P.2H3N/c1-5-9-13-17-21-25-29-33-37-41-45-49-61(67)75-54-58(78-63(69)51-47-43-39-35-31-27-23-19-15-11-7-3)53-74-57-60(66)65(80(71,72)73)77-56-59(79-64(70)52-48-44-40-36-32-28-24-20-16-12-8-4)55-76-62(68)50-46-42-38-34-30-26-22-18-14-10-6-2;;/h58-60,65-66H,5-57H2,1-4H3,(H2,71,72,73);2*1H3/t58-,59+,60?,65?;;/m0../s1. The highest BCUT2D eigenvalue weighted by molar-refractivity contribution is 7.52. The molecule has 490 valence electrons. The van der Waals surface area contributed by atoms with Crippen molar-refractivity contribution in [3.63, 3.8) is 0 Å². The van der Waals surface area contributed by atoms with Gasteiger partial charge in [-0.1, -0.05) is 285 Å². The summed E-state index contributed by atoms with van der Waals surface area (Å²) < 4.78 is 46.6. The number of carbonyl (C=O) groups is 4. The molecule has 0 aromatic rings. The molecular weight excluding hydrogens is 1060 g/mol. The van der Waals surface area contributed by atoms with Gasteiger partial charge < -0.3 is 55.6 Å². The number of esters is 4. The number of ether oxygens (including phenoxy) is 6. The molecule has 82 heavy (non-hydrogen) atoms. The second-order valence-electron chi connectivity index (χ2n) is 23.1. The normalized spacial score (nSPS) is 12.9. The second kappa shape index (κ2) is 63.3. The van der Waals surface area contributed by atoms with Crippen molar-refractivity contribution in [2.75, 3.05) is 33.0 Å². The van der Waals surface area contributed by atoms with E-state index in [1.807, 2.05) is 0 Å². The van der Waals surface area contributed by atoms with Gasteiger partial charge in [0.2, 0.25) is 0 Å². The van der Waals surface area contributed by atoms with Gasteiger partial charge in [-0.3, -0.25) is 23.7 Å². The lowest BCUT2D eigenvalue weighted by molar-refractivity contribution is -0.166. The van der Waals surface area contributed by atoms with Crippen molar-refractivity contribution in [2.45, 2.75) is 360 Å². The van der Waals surface area contributed by atoms with Gasteiger partial charge in [0.05, 0.1) is 19.8 Å². The summed E-state index contributed by atoms with van der Waals surface area (Å²) in [6.45, 7) is 6.69. The molecule has 4 atom stereocenters. The van der Waals surface area contributed by atoms with Crippen LogP contribution in [0.2, 0.25) is 0 Å². The largest absolute Gasteiger partial charge is 0.462 e. The van der Waals surface area contributed by atoms with E-state index >= 15 is 0 Å². The number of rotatable bonds is 63. The minimum Gasteiger partial charge on any atom is -0.462 e. The lowest BCUT2D eigenvalue weighted by Crippen LogP contribution is -2.38. The zero-order valence-corrected chi connectivity index (χ0v) is 54.4. The van der Waals surface area contributed by atoms with Gasteiger partial charge in [-0.15, -0.1) is 0 Å². The molecule has 9 N–H and O–H groups in total. The average molecular weight is 1200 g/mol. The van der Waals surface area contributed by atoms with Gasteiger partial charge in [-0.25, -0.2) is 0 Å². The zero-order chi connectivity index (χ0) is 58.8. The number of unbranched alkanes of at least 4 members (excludes halogenated alkanes) is 40. The Morgan fingerprint density at radius 3 is 0.817 bits per heavy atom. The van der Waals surface area contributed by atoms with Crippen LogP contribution in [-0.2, 0) is 52.2 Å². The Morgan fingerprint density at radius 2 is 0.561 bits per heavy atom. The van der Waals surface area contributed by atoms with Crippen LogP contribution in [0.5, 0.6) is 0 Å². The number of hydrogen-bond donors (Lipinski definition) is 5. The smallest absolute Gasteiger partial charge is 0.356 e. The molecule has 17 heteroatoms. The van der Waals surface area contributed by atoms with Crippen LogP contribution >= 0.6 is 7.60 Å². The van der Waals surface area contributed by atoms with Gasteiger partial charge in [-0.2, -0.15) is 0 Å². The molecular formula is C65H131N2O14P. The van der Waals surface area contributed by atoms with Crippen LogP contribution in [0.4, 0.5) is 0 Å². The molecule has 0 rings (SSSR count). The highest BCUT2D eigenvalue weighted by atomic mass is 31.2. The summed E-state index contributed by atoms with van der Waals surface area (Å²) >= 11 is 0. The second-order valence-corrected chi connectivity index (χ2v) is 24.8. The van der Waals surface area contributed by atoms with Crippen LogP contribution in [0.15, 0.2) is 0 Å². The van der Waals surface area contributed by atoms with E-state index in [1.165, 1.54) is 180 Å². The molecule has 0 aromatic carbocycles. The summed E-state index contributed by atoms with van der Waals surface area (Å²) in [5, 5.41) is 11.1. The molecule has 0 spiro atoms. The summed E-state index contributed by atoms with van der Waals surface area (Å²) in [6.07, 6.45) is 46.6. The topological polar surface area (TPSA) is 271 Å². The quantitative estimate of drug-likeness (QED) is 0.0164. The molecule has 0 aromatic heterocycles. The third-order valence-electron chi connectivity index (χ3n) is 15.1. The number of carbonyl (C=O) groups excluding carboxylic acids is 4. The Balaban J connectivity index is -0.0000312. The molecule has 2 unspecified atom stereocenters. The highest BCUT2D eigenvalue weighted by Gasteiger charge is 2.38. The van der Waals surface area contributed by atoms with Crippen molar-refractivity contribution in [3.8, 4) is 0 Å². The maximum Gasteiger partial charge on any atom is 0.356 e. The van der Waals surface area contributed by atoms with Gasteiger partial charge in [-0.05, 0) is 25.7 Å². The van der Waals surface area contributed by atoms with Crippen LogP contribution in [0, 0.1) is 0 Å². The first kappa shape index (κ1) is 84.0. The van der Waals surface area contributed by atoms with Crippen LogP contribution in [0.3, 0.4) is 0 Å². The number of aliphatic hydroxyl groups excluding tert-OH is 1. The van der Waals surface area contributed by atoms with Crippen molar-refractivity contribution >= 4 is 31.5 Å². The third kappa shape index (κ3) is 58.2. The van der Waals surface area contributed by atoms with Crippen molar-refractivity contribution < 1.29 is 67.1 Å². The molecule has 0 aliphatic rings. The molecule has 0 radical (unpaired) electrons. The molecule has 16 nitrogen and oxygen atoms in total. The van der Waals surface area contributed by atoms with Crippen LogP contribution in [0.1, 0.15) is 336 Å². The summed E-state index contributed by atoms with van der Waals surface area (Å²) in [4.78, 5) is 72.5. The third-order valence-corrected chi connectivity index (χ3v) is 16.3. The lowest BCUT2D eigenvalue weighted by Gasteiger charge is -2.27. The Kier molecular flexibility index (Phi) is 64.9. The van der Waals surface area contributed by atoms with Crippen molar-refractivity contribution in [1.82, 2.24) is 12.3 Å². The molecule has 0 amide bonds. The van der Waals surface area contributed by atoms with Gasteiger partial charge in [0.15, 0.2) is 18.1 Å². The lowest BCUT2D eigenvalue weighted by atomic mass is 10.1. The Bertz CT molecular complexity index is 1460. The average Bonchev–Trinajstić information content (AvgIpc) is 3.43. The minimum atomic E-state index is -5.16. The molecule has 0 saturated heterocycles. The molecule has 0 saturated carbocycles. The number of aliphatic hydroxyl groups is 1. The van der Waals surface area contributed by atoms with Crippen LogP contribution in [-0.4, -0.2) is 96.0 Å². The van der Waals surface area contributed by atoms with Gasteiger partial charge in [0.25, 0.3) is 0 Å². The molecule has 0 fully saturated rings. The summed E-state index contributed by atoms with van der Waals surface area (Å²) in [7, 11) is -5.16. The molecule has 0 aliphatic heterocycles. The molecule has 0 heterocycles. The van der Waals surface area contributed by atoms with E-state index in [9.17, 15) is 38.6 Å². The zero-order valence-electron chi connectivity index (χ0n) is 53.5. The predicted molar refractivity (Wildman–Crippen MR) is 335 cm³/mol. The minimum absolute atomic E-state index is 0. The van der Waals surface area contributed by atoms with Crippen LogP contribution in [0.25, 0.3) is 0 Å². The SMILES string of the molecule is CCCCCCCCCCCCCC(=O)OC[C@H](COC(C(O)COC[C@@H](COC(=O)CCCCCCCCCCCCC)OC(=O)CCCCCCCCCCCCC)P(=O)(O)O)OC(=O)CCCCCCCCCCCCC.N.N. The Hall–Kier alpha value is -2.17. The first-order valence-corrected chi connectivity index (χ1v) is 35.2. The van der Waals surface area contributed by atoms with Gasteiger partial charge >= 0.3 is 31.5 Å². The van der Waals surface area contributed by atoms with Gasteiger partial charge in [0, 0.05) is 25.7 Å².